The lowest BCUT2D eigenvalue weighted by atomic mass is 9.88. The van der Waals surface area contributed by atoms with Crippen LogP contribution in [0.3, 0.4) is 0 Å². The summed E-state index contributed by atoms with van der Waals surface area (Å²) in [6.45, 7) is 2.63. The number of benzene rings is 2. The van der Waals surface area contributed by atoms with E-state index >= 15 is 0 Å². The van der Waals surface area contributed by atoms with Crippen LogP contribution in [-0.2, 0) is 12.8 Å². The topological polar surface area (TPSA) is 70.6 Å². The highest BCUT2D eigenvalue weighted by atomic mass is 16.5. The zero-order valence-corrected chi connectivity index (χ0v) is 14.9. The molecule has 0 saturated carbocycles. The molecule has 5 heteroatoms. The number of anilines is 1. The Balaban J connectivity index is 1.50. The number of amides is 2. The van der Waals surface area contributed by atoms with Crippen molar-refractivity contribution < 1.29 is 14.6 Å². The van der Waals surface area contributed by atoms with E-state index in [1.165, 1.54) is 5.56 Å². The van der Waals surface area contributed by atoms with Gasteiger partial charge in [0.25, 0.3) is 0 Å². The molecule has 0 spiro atoms. The number of ether oxygens (including phenoxy) is 1. The van der Waals surface area contributed by atoms with Gasteiger partial charge in [0.05, 0.1) is 18.8 Å². The molecule has 4 rings (SSSR count). The van der Waals surface area contributed by atoms with Crippen LogP contribution in [0.1, 0.15) is 41.1 Å². The van der Waals surface area contributed by atoms with Gasteiger partial charge in [-0.05, 0) is 43.0 Å². The highest BCUT2D eigenvalue weighted by Gasteiger charge is 2.24. The molecule has 2 unspecified atom stereocenters. The Bertz CT molecular complexity index is 834. The lowest BCUT2D eigenvalue weighted by Gasteiger charge is -2.28. The molecule has 0 bridgehead atoms. The van der Waals surface area contributed by atoms with Crippen LogP contribution in [0.5, 0.6) is 5.75 Å². The minimum atomic E-state index is -0.334. The van der Waals surface area contributed by atoms with Crippen LogP contribution in [0.15, 0.2) is 36.4 Å². The highest BCUT2D eigenvalue weighted by molar-refractivity contribution is 5.90. The summed E-state index contributed by atoms with van der Waals surface area (Å²) >= 11 is 0. The van der Waals surface area contributed by atoms with Gasteiger partial charge in [-0.1, -0.05) is 29.8 Å². The molecule has 1 aliphatic carbocycles. The summed E-state index contributed by atoms with van der Waals surface area (Å²) in [6.07, 6.45) is 2.63. The number of aliphatic hydroxyl groups excluding tert-OH is 1. The summed E-state index contributed by atoms with van der Waals surface area (Å²) in [5.74, 6) is 0.840. The summed E-state index contributed by atoms with van der Waals surface area (Å²) in [5, 5.41) is 16.0. The van der Waals surface area contributed by atoms with Crippen molar-refractivity contribution in [1.29, 1.82) is 0 Å². The Morgan fingerprint density at radius 3 is 3.00 bits per heavy atom. The molecule has 0 fully saturated rings. The number of hydrogen-bond acceptors (Lipinski definition) is 3. The van der Waals surface area contributed by atoms with Gasteiger partial charge in [-0.25, -0.2) is 4.79 Å². The zero-order chi connectivity index (χ0) is 18.1. The predicted octanol–water partition coefficient (Wildman–Crippen LogP) is 3.49. The van der Waals surface area contributed by atoms with Crippen molar-refractivity contribution in [2.24, 2.45) is 0 Å². The number of aliphatic hydroxyl groups is 1. The SMILES string of the molecule is Cc1ccc2c(c1)C(NC(=O)Nc1cccc3c1CC(O)CC3)CCO2. The molecule has 0 saturated heterocycles. The molecule has 26 heavy (non-hydrogen) atoms. The maximum atomic E-state index is 12.6. The summed E-state index contributed by atoms with van der Waals surface area (Å²) in [5.41, 5.74) is 5.21. The number of hydrogen-bond donors (Lipinski definition) is 3. The van der Waals surface area contributed by atoms with Crippen LogP contribution in [0.4, 0.5) is 10.5 Å². The average Bonchev–Trinajstić information content (AvgIpc) is 2.63. The normalized spacial score (nSPS) is 21.2. The smallest absolute Gasteiger partial charge is 0.319 e. The van der Waals surface area contributed by atoms with Gasteiger partial charge in [0, 0.05) is 24.1 Å². The molecule has 5 nitrogen and oxygen atoms in total. The molecule has 0 aromatic heterocycles. The Morgan fingerprint density at radius 2 is 2.12 bits per heavy atom. The number of rotatable bonds is 2. The molecule has 3 N–H and O–H groups in total. The second-order valence-electron chi connectivity index (χ2n) is 7.17. The number of aryl methyl sites for hydroxylation is 2. The average molecular weight is 352 g/mol. The minimum absolute atomic E-state index is 0.0659. The molecule has 1 heterocycles. The number of nitrogens with one attached hydrogen (secondary N) is 2. The fourth-order valence-electron chi connectivity index (χ4n) is 3.87. The molecule has 1 aliphatic heterocycles. The third kappa shape index (κ3) is 3.40. The third-order valence-electron chi connectivity index (χ3n) is 5.22. The fraction of sp³-hybridized carbons (Fsp3) is 0.381. The van der Waals surface area contributed by atoms with E-state index in [9.17, 15) is 9.90 Å². The maximum absolute atomic E-state index is 12.6. The second kappa shape index (κ2) is 7.00. The molecule has 2 aliphatic rings. The maximum Gasteiger partial charge on any atom is 0.319 e. The van der Waals surface area contributed by atoms with Crippen molar-refractivity contribution in [2.75, 3.05) is 11.9 Å². The Labute approximate surface area is 153 Å². The quantitative estimate of drug-likeness (QED) is 0.775. The van der Waals surface area contributed by atoms with Crippen LogP contribution < -0.4 is 15.4 Å². The van der Waals surface area contributed by atoms with Gasteiger partial charge in [0.2, 0.25) is 0 Å². The van der Waals surface area contributed by atoms with Crippen molar-refractivity contribution in [3.8, 4) is 5.75 Å². The highest BCUT2D eigenvalue weighted by Crippen LogP contribution is 2.33. The first-order valence-electron chi connectivity index (χ1n) is 9.20. The molecule has 2 aromatic carbocycles. The van der Waals surface area contributed by atoms with E-state index < -0.39 is 0 Å². The van der Waals surface area contributed by atoms with E-state index in [2.05, 4.69) is 22.8 Å². The Hall–Kier alpha value is -2.53. The molecule has 2 atom stereocenters. The van der Waals surface area contributed by atoms with E-state index in [4.69, 9.17) is 4.74 Å². The lowest BCUT2D eigenvalue weighted by Crippen LogP contribution is -2.35. The summed E-state index contributed by atoms with van der Waals surface area (Å²) in [6, 6.07) is 11.7. The van der Waals surface area contributed by atoms with E-state index in [1.54, 1.807) is 0 Å². The second-order valence-corrected chi connectivity index (χ2v) is 7.17. The van der Waals surface area contributed by atoms with Gasteiger partial charge >= 0.3 is 6.03 Å². The van der Waals surface area contributed by atoms with Crippen LogP contribution in [0.2, 0.25) is 0 Å². The van der Waals surface area contributed by atoms with Crippen LogP contribution in [0.25, 0.3) is 0 Å². The molecule has 2 amide bonds. The fourth-order valence-corrected chi connectivity index (χ4v) is 3.87. The molecule has 136 valence electrons. The van der Waals surface area contributed by atoms with E-state index in [0.29, 0.717) is 13.0 Å². The first kappa shape index (κ1) is 16.9. The Kier molecular flexibility index (Phi) is 4.55. The van der Waals surface area contributed by atoms with Gasteiger partial charge in [0.15, 0.2) is 0 Å². The van der Waals surface area contributed by atoms with E-state index in [1.807, 2.05) is 31.2 Å². The van der Waals surface area contributed by atoms with Gasteiger partial charge < -0.3 is 20.5 Å². The van der Waals surface area contributed by atoms with Gasteiger partial charge in [-0.15, -0.1) is 0 Å². The van der Waals surface area contributed by atoms with E-state index in [0.717, 1.165) is 47.4 Å². The number of urea groups is 1. The summed E-state index contributed by atoms with van der Waals surface area (Å²) < 4.78 is 5.70. The zero-order valence-electron chi connectivity index (χ0n) is 14.9. The predicted molar refractivity (Wildman–Crippen MR) is 101 cm³/mol. The first-order chi connectivity index (χ1) is 12.6. The standard InChI is InChI=1S/C21H24N2O3/c1-13-5-8-20-17(11-13)19(9-10-26-20)23-21(25)22-18-4-2-3-14-6-7-15(24)12-16(14)18/h2-5,8,11,15,19,24H,6-7,9-10,12H2,1H3,(H2,22,23,25). The van der Waals surface area contributed by atoms with Crippen molar-refractivity contribution in [3.63, 3.8) is 0 Å². The Morgan fingerprint density at radius 1 is 1.23 bits per heavy atom. The third-order valence-corrected chi connectivity index (χ3v) is 5.22. The van der Waals surface area contributed by atoms with E-state index in [-0.39, 0.29) is 18.2 Å². The van der Waals surface area contributed by atoms with Crippen molar-refractivity contribution >= 4 is 11.7 Å². The molecule has 0 radical (unpaired) electrons. The van der Waals surface area contributed by atoms with Crippen LogP contribution in [-0.4, -0.2) is 23.8 Å². The molecular formula is C21H24N2O3. The number of carbonyl (C=O) groups excluding carboxylic acids is 1. The van der Waals surface area contributed by atoms with Crippen molar-refractivity contribution in [1.82, 2.24) is 5.32 Å². The monoisotopic (exact) mass is 352 g/mol. The van der Waals surface area contributed by atoms with Gasteiger partial charge in [-0.2, -0.15) is 0 Å². The molecular weight excluding hydrogens is 328 g/mol. The van der Waals surface area contributed by atoms with Crippen molar-refractivity contribution in [2.45, 2.75) is 44.8 Å². The lowest BCUT2D eigenvalue weighted by molar-refractivity contribution is 0.159. The van der Waals surface area contributed by atoms with Gasteiger partial charge in [0.1, 0.15) is 5.75 Å². The van der Waals surface area contributed by atoms with Gasteiger partial charge in [-0.3, -0.25) is 0 Å². The number of carbonyl (C=O) groups is 1. The first-order valence-corrected chi connectivity index (χ1v) is 9.20. The summed E-state index contributed by atoms with van der Waals surface area (Å²) in [7, 11) is 0. The van der Waals surface area contributed by atoms with Crippen LogP contribution >= 0.6 is 0 Å². The summed E-state index contributed by atoms with van der Waals surface area (Å²) in [4.78, 5) is 12.6. The molecule has 2 aromatic rings. The van der Waals surface area contributed by atoms with Crippen molar-refractivity contribution in [3.05, 3.63) is 58.7 Å². The minimum Gasteiger partial charge on any atom is -0.493 e. The largest absolute Gasteiger partial charge is 0.493 e. The van der Waals surface area contributed by atoms with Crippen LogP contribution in [0, 0.1) is 6.92 Å². The number of fused-ring (bicyclic) bond motifs is 2.